The van der Waals surface area contributed by atoms with Gasteiger partial charge in [-0.25, -0.2) is 0 Å². The van der Waals surface area contributed by atoms with E-state index in [1.807, 2.05) is 0 Å². The van der Waals surface area contributed by atoms with Gasteiger partial charge >= 0.3 is 0 Å². The van der Waals surface area contributed by atoms with Gasteiger partial charge in [0.15, 0.2) is 0 Å². The molecule has 4 nitrogen and oxygen atoms in total. The second-order valence-corrected chi connectivity index (χ2v) is 4.22. The van der Waals surface area contributed by atoms with Crippen molar-refractivity contribution in [2.24, 2.45) is 11.0 Å². The van der Waals surface area contributed by atoms with Gasteiger partial charge in [0, 0.05) is 23.5 Å². The molecule has 2 heterocycles. The third-order valence-corrected chi connectivity index (χ3v) is 3.27. The maximum Gasteiger partial charge on any atom is 0.0260 e. The molecule has 0 aromatic heterocycles. The molecule has 0 spiro atoms. The van der Waals surface area contributed by atoms with Crippen LogP contribution in [0.25, 0.3) is 10.4 Å². The quantitative estimate of drug-likeness (QED) is 0.404. The van der Waals surface area contributed by atoms with Crippen LogP contribution >= 0.6 is 0 Å². The van der Waals surface area contributed by atoms with Crippen LogP contribution in [-0.4, -0.2) is 18.6 Å². The van der Waals surface area contributed by atoms with E-state index in [4.69, 9.17) is 5.53 Å². The lowest BCUT2D eigenvalue weighted by Crippen LogP contribution is -2.38. The van der Waals surface area contributed by atoms with Gasteiger partial charge < -0.3 is 5.32 Å². The number of piperidine rings is 1. The lowest BCUT2D eigenvalue weighted by atomic mass is 9.90. The maximum absolute atomic E-state index is 8.16. The highest BCUT2D eigenvalue weighted by Gasteiger charge is 2.32. The summed E-state index contributed by atoms with van der Waals surface area (Å²) < 4.78 is 0. The fourth-order valence-corrected chi connectivity index (χ4v) is 2.70. The van der Waals surface area contributed by atoms with Crippen molar-refractivity contribution in [3.63, 3.8) is 0 Å². The third-order valence-electron chi connectivity index (χ3n) is 3.27. The van der Waals surface area contributed by atoms with Gasteiger partial charge in [0.25, 0.3) is 0 Å². The Morgan fingerprint density at radius 3 is 2.62 bits per heavy atom. The average Bonchev–Trinajstić information content (AvgIpc) is 2.46. The number of hydrogen-bond donors (Lipinski definition) is 1. The number of hydrogen-bond acceptors (Lipinski definition) is 2. The molecular formula is C9H16N4. The molecule has 2 aliphatic heterocycles. The summed E-state index contributed by atoms with van der Waals surface area (Å²) in [5.74, 6) is 0.796. The van der Waals surface area contributed by atoms with E-state index in [-0.39, 0.29) is 0 Å². The second-order valence-electron chi connectivity index (χ2n) is 4.22. The molecule has 72 valence electrons. The molecule has 1 N–H and O–H groups in total. The molecule has 13 heavy (non-hydrogen) atoms. The summed E-state index contributed by atoms with van der Waals surface area (Å²) in [6.45, 7) is 0.681. The first-order chi connectivity index (χ1) is 6.38. The topological polar surface area (TPSA) is 60.8 Å². The number of fused-ring (bicyclic) bond motifs is 2. The Morgan fingerprint density at radius 1 is 1.31 bits per heavy atom. The Bertz CT molecular complexity index is 210. The van der Waals surface area contributed by atoms with Gasteiger partial charge in [-0.15, -0.1) is 0 Å². The zero-order valence-corrected chi connectivity index (χ0v) is 7.82. The van der Waals surface area contributed by atoms with Crippen LogP contribution in [0.1, 0.15) is 32.1 Å². The molecule has 2 rings (SSSR count). The van der Waals surface area contributed by atoms with Crippen LogP contribution in [0.15, 0.2) is 5.11 Å². The monoisotopic (exact) mass is 180 g/mol. The second kappa shape index (κ2) is 3.99. The first kappa shape index (κ1) is 8.85. The minimum atomic E-state index is 0.681. The van der Waals surface area contributed by atoms with Crippen molar-refractivity contribution in [3.8, 4) is 0 Å². The molecule has 2 unspecified atom stereocenters. The number of rotatable bonds is 3. The highest BCUT2D eigenvalue weighted by atomic mass is 15.1. The summed E-state index contributed by atoms with van der Waals surface area (Å²) in [5, 5.41) is 7.20. The number of nitrogens with one attached hydrogen (secondary N) is 1. The van der Waals surface area contributed by atoms with Crippen LogP contribution in [0.2, 0.25) is 0 Å². The van der Waals surface area contributed by atoms with Gasteiger partial charge in [0.2, 0.25) is 0 Å². The number of azide groups is 1. The van der Waals surface area contributed by atoms with Crippen LogP contribution in [0, 0.1) is 5.92 Å². The summed E-state index contributed by atoms with van der Waals surface area (Å²) in [6.07, 6.45) is 6.36. The van der Waals surface area contributed by atoms with Crippen molar-refractivity contribution in [1.82, 2.24) is 5.32 Å². The minimum absolute atomic E-state index is 0.681. The minimum Gasteiger partial charge on any atom is -0.311 e. The zero-order valence-electron chi connectivity index (χ0n) is 7.82. The molecule has 2 bridgehead atoms. The molecule has 2 fully saturated rings. The highest BCUT2D eigenvalue weighted by Crippen LogP contribution is 2.32. The summed E-state index contributed by atoms with van der Waals surface area (Å²) in [6, 6.07) is 1.52. The van der Waals surface area contributed by atoms with E-state index >= 15 is 0 Å². The Balaban J connectivity index is 1.78. The predicted molar refractivity (Wildman–Crippen MR) is 51.3 cm³/mol. The van der Waals surface area contributed by atoms with Crippen molar-refractivity contribution >= 4 is 0 Å². The summed E-state index contributed by atoms with van der Waals surface area (Å²) >= 11 is 0. The molecule has 2 aliphatic rings. The van der Waals surface area contributed by atoms with Gasteiger partial charge in [-0.3, -0.25) is 0 Å². The molecule has 0 aromatic carbocycles. The molecule has 0 amide bonds. The van der Waals surface area contributed by atoms with E-state index < -0.39 is 0 Å². The number of nitrogens with zero attached hydrogens (tertiary/aromatic N) is 3. The van der Waals surface area contributed by atoms with E-state index in [2.05, 4.69) is 15.3 Å². The van der Waals surface area contributed by atoms with Crippen molar-refractivity contribution in [2.75, 3.05) is 6.54 Å². The Morgan fingerprint density at radius 2 is 2.00 bits per heavy atom. The fraction of sp³-hybridized carbons (Fsp3) is 1.00. The van der Waals surface area contributed by atoms with Gasteiger partial charge in [0.05, 0.1) is 0 Å². The van der Waals surface area contributed by atoms with Crippen LogP contribution in [0.4, 0.5) is 0 Å². The van der Waals surface area contributed by atoms with Gasteiger partial charge in [-0.05, 0) is 43.6 Å². The molecule has 2 saturated heterocycles. The molecule has 0 aliphatic carbocycles. The Hall–Kier alpha value is -0.730. The summed E-state index contributed by atoms with van der Waals surface area (Å²) in [4.78, 5) is 2.78. The van der Waals surface area contributed by atoms with Crippen molar-refractivity contribution in [3.05, 3.63) is 10.4 Å². The van der Waals surface area contributed by atoms with E-state index in [0.717, 1.165) is 24.4 Å². The first-order valence-electron chi connectivity index (χ1n) is 5.15. The lowest BCUT2D eigenvalue weighted by molar-refractivity contribution is 0.289. The SMILES string of the molecule is [N-]=[N+]=NCCC1CC2CCC(C1)N2. The van der Waals surface area contributed by atoms with Crippen molar-refractivity contribution in [1.29, 1.82) is 0 Å². The average molecular weight is 180 g/mol. The Labute approximate surface area is 78.3 Å². The largest absolute Gasteiger partial charge is 0.311 e. The molecule has 4 heteroatoms. The molecule has 0 saturated carbocycles. The fourth-order valence-electron chi connectivity index (χ4n) is 2.70. The van der Waals surface area contributed by atoms with E-state index in [0.29, 0.717) is 6.54 Å². The van der Waals surface area contributed by atoms with Crippen molar-refractivity contribution < 1.29 is 0 Å². The van der Waals surface area contributed by atoms with E-state index in [9.17, 15) is 0 Å². The van der Waals surface area contributed by atoms with Gasteiger partial charge in [0.1, 0.15) is 0 Å². The zero-order chi connectivity index (χ0) is 9.10. The lowest BCUT2D eigenvalue weighted by Gasteiger charge is -2.28. The first-order valence-corrected chi connectivity index (χ1v) is 5.15. The smallest absolute Gasteiger partial charge is 0.0260 e. The van der Waals surface area contributed by atoms with Crippen LogP contribution in [-0.2, 0) is 0 Å². The maximum atomic E-state index is 8.16. The predicted octanol–water partition coefficient (Wildman–Crippen LogP) is 2.22. The third kappa shape index (κ3) is 2.14. The van der Waals surface area contributed by atoms with E-state index in [1.54, 1.807) is 0 Å². The van der Waals surface area contributed by atoms with E-state index in [1.165, 1.54) is 25.7 Å². The summed E-state index contributed by atoms with van der Waals surface area (Å²) in [5.41, 5.74) is 8.16. The van der Waals surface area contributed by atoms with Crippen LogP contribution in [0.5, 0.6) is 0 Å². The van der Waals surface area contributed by atoms with Gasteiger partial charge in [-0.2, -0.15) is 0 Å². The highest BCUT2D eigenvalue weighted by molar-refractivity contribution is 4.91. The normalized spacial score (nSPS) is 37.1. The van der Waals surface area contributed by atoms with Crippen molar-refractivity contribution in [2.45, 2.75) is 44.2 Å². The standard InChI is InChI=1S/C9H16N4/c10-13-11-4-3-7-5-8-1-2-9(6-7)12-8/h7-9,12H,1-6H2. The van der Waals surface area contributed by atoms with Crippen LogP contribution in [0.3, 0.4) is 0 Å². The van der Waals surface area contributed by atoms with Crippen LogP contribution < -0.4 is 5.32 Å². The molecule has 2 atom stereocenters. The molecule has 0 aromatic rings. The van der Waals surface area contributed by atoms with Gasteiger partial charge in [-0.1, -0.05) is 5.11 Å². The Kier molecular flexibility index (Phi) is 2.71. The molecular weight excluding hydrogens is 164 g/mol. The molecule has 0 radical (unpaired) electrons. The summed E-state index contributed by atoms with van der Waals surface area (Å²) in [7, 11) is 0.